The summed E-state index contributed by atoms with van der Waals surface area (Å²) in [5.74, 6) is -3.33. The fourth-order valence-corrected chi connectivity index (χ4v) is 13.5. The molecule has 550 valence electrons. The quantitative estimate of drug-likeness (QED) is 0.0213. The monoisotopic (exact) mass is 1500 g/mol. The molecule has 0 saturated heterocycles. The number of pyridine rings is 1. The van der Waals surface area contributed by atoms with Gasteiger partial charge in [-0.05, 0) is 166 Å². The molecule has 9 aromatic carbocycles. The van der Waals surface area contributed by atoms with Gasteiger partial charge >= 0.3 is 50.0 Å². The molecule has 1 aliphatic rings. The van der Waals surface area contributed by atoms with E-state index in [9.17, 15) is 67.1 Å². The highest BCUT2D eigenvalue weighted by molar-refractivity contribution is 6.42. The second-order valence-corrected chi connectivity index (χ2v) is 24.9. The summed E-state index contributed by atoms with van der Waals surface area (Å²) in [7, 11) is -3.36. The Morgan fingerprint density at radius 3 is 1.50 bits per heavy atom. The second kappa shape index (κ2) is 27.9. The number of benzene rings is 9. The summed E-state index contributed by atoms with van der Waals surface area (Å²) >= 11 is 0. The Morgan fingerprint density at radius 1 is 0.519 bits per heavy atom. The van der Waals surface area contributed by atoms with E-state index in [4.69, 9.17) is 33.1 Å². The van der Waals surface area contributed by atoms with E-state index >= 15 is 18.2 Å². The smallest absolute Gasteiger partial charge is 0.462 e. The number of nitrogens with zero attached hydrogens (tertiary/aromatic N) is 3. The van der Waals surface area contributed by atoms with Crippen LogP contribution in [0.4, 0.5) is 61.3 Å². The van der Waals surface area contributed by atoms with Gasteiger partial charge in [-0.1, -0.05) is 66.7 Å². The molecule has 108 heavy (non-hydrogen) atoms. The molecule has 0 spiro atoms. The molecule has 0 amide bonds. The molecule has 12 aromatic rings. The number of rotatable bonds is 17. The summed E-state index contributed by atoms with van der Waals surface area (Å²) < 4.78 is 246. The van der Waals surface area contributed by atoms with Gasteiger partial charge in [-0.25, -0.2) is 14.2 Å². The van der Waals surface area contributed by atoms with Crippen molar-refractivity contribution in [3.63, 3.8) is 0 Å². The topological polar surface area (TPSA) is 167 Å². The van der Waals surface area contributed by atoms with Gasteiger partial charge in [0.05, 0.1) is 75.7 Å². The van der Waals surface area contributed by atoms with Crippen LogP contribution in [0.15, 0.2) is 206 Å². The molecule has 3 aromatic heterocycles. The highest BCUT2D eigenvalue weighted by atomic mass is 19.4. The number of halogens is 14. The number of hydrogen-bond donors (Lipinski definition) is 0. The maximum absolute atomic E-state index is 16.1. The van der Waals surface area contributed by atoms with Crippen molar-refractivity contribution in [3.8, 4) is 56.7 Å². The highest BCUT2D eigenvalue weighted by Crippen LogP contribution is 2.53. The number of carbonyl (C=O) groups is 3. The number of allylic oxidation sites excluding steroid dienone is 1. The number of carbonyl (C=O) groups excluding carboxylic acids is 3. The van der Waals surface area contributed by atoms with Crippen LogP contribution in [-0.2, 0) is 50.2 Å². The van der Waals surface area contributed by atoms with Crippen molar-refractivity contribution in [3.05, 3.63) is 263 Å². The average Bonchev–Trinajstić information content (AvgIpc) is 0.903. The summed E-state index contributed by atoms with van der Waals surface area (Å²) in [5.41, 5.74) is -14.9. The van der Waals surface area contributed by atoms with Crippen molar-refractivity contribution in [1.29, 1.82) is 0 Å². The summed E-state index contributed by atoms with van der Waals surface area (Å²) in [6, 6.07) is 31.3. The minimum atomic E-state index is -5.45. The van der Waals surface area contributed by atoms with Crippen LogP contribution in [0, 0.1) is 13.8 Å². The zero-order valence-electron chi connectivity index (χ0n) is 57.0. The van der Waals surface area contributed by atoms with Crippen LogP contribution in [0.25, 0.3) is 77.0 Å². The molecule has 0 unspecified atom stereocenters. The lowest BCUT2D eigenvalue weighted by Crippen LogP contribution is -2.32. The zero-order chi connectivity index (χ0) is 77.5. The van der Waals surface area contributed by atoms with Crippen LogP contribution in [-0.4, -0.2) is 53.3 Å². The van der Waals surface area contributed by atoms with Gasteiger partial charge in [-0.2, -0.15) is 52.7 Å². The summed E-state index contributed by atoms with van der Waals surface area (Å²) in [6.07, 6.45) is -22.4. The predicted octanol–water partition coefficient (Wildman–Crippen LogP) is 20.5. The van der Waals surface area contributed by atoms with Gasteiger partial charge in [0.15, 0.2) is 0 Å². The molecule has 0 saturated carbocycles. The molecule has 0 N–H and O–H groups in total. The third-order valence-corrected chi connectivity index (χ3v) is 18.1. The molecule has 0 atom stereocenters. The third-order valence-electron chi connectivity index (χ3n) is 18.1. The van der Waals surface area contributed by atoms with E-state index in [-0.39, 0.29) is 138 Å². The van der Waals surface area contributed by atoms with Crippen LogP contribution in [0.2, 0.25) is 0 Å². The second-order valence-electron chi connectivity index (χ2n) is 24.9. The Labute approximate surface area is 601 Å². The summed E-state index contributed by atoms with van der Waals surface area (Å²) in [4.78, 5) is 77.6. The Balaban J connectivity index is 0.986. The van der Waals surface area contributed by atoms with E-state index < -0.39 is 139 Å². The molecule has 0 radical (unpaired) electrons. The van der Waals surface area contributed by atoms with Crippen molar-refractivity contribution in [2.24, 2.45) is 4.99 Å². The first-order valence-electron chi connectivity index (χ1n) is 32.8. The number of ether oxygens (including phenoxy) is 5. The van der Waals surface area contributed by atoms with Crippen molar-refractivity contribution in [2.75, 3.05) is 13.2 Å². The Morgan fingerprint density at radius 2 is 1.00 bits per heavy atom. The minimum Gasteiger partial charge on any atom is -0.462 e. The van der Waals surface area contributed by atoms with Crippen molar-refractivity contribution >= 4 is 80.1 Å². The number of hydrogen-bond acceptors (Lipinski definition) is 12. The molecule has 4 heterocycles. The van der Waals surface area contributed by atoms with Crippen molar-refractivity contribution < 1.29 is 104 Å². The maximum atomic E-state index is 16.1. The van der Waals surface area contributed by atoms with Crippen molar-refractivity contribution in [1.82, 2.24) is 9.05 Å². The maximum Gasteiger partial charge on any atom is 0.677 e. The summed E-state index contributed by atoms with van der Waals surface area (Å²) in [5, 5.41) is -2.50. The highest BCUT2D eigenvalue weighted by Gasteiger charge is 2.42. The number of aromatic nitrogens is 2. The van der Waals surface area contributed by atoms with Crippen LogP contribution in [0.5, 0.6) is 28.7 Å². The lowest BCUT2D eigenvalue weighted by Gasteiger charge is -2.23. The lowest BCUT2D eigenvalue weighted by molar-refractivity contribution is -0.144. The van der Waals surface area contributed by atoms with E-state index in [1.165, 1.54) is 83.1 Å². The fraction of sp³-hybridized carbons (Fsp3) is 0.165. The number of para-hydroxylation sites is 3. The Kier molecular flexibility index (Phi) is 19.1. The largest absolute Gasteiger partial charge is 0.677 e. The SMILES string of the molecule is CCOC(=O)C1=C(C)/C(=C(\c2c(Oc3ccccc3)cc(OC(=O)Cc3ccc(-n4c(=O)c5cc(-c6cc(C(F)(F)F)cc(C(F)(F)F)c6)c6oc7ccccc7c7c(-c8cc(C(F)(F)F)cc(C(F)(F)F)c8)cc(c4=O)c5c67)cc3)cc2Oc2ccccc2)c2c(C)c(C(=O)OCC)c(C)n2B(F)F)N=C1C. The van der Waals surface area contributed by atoms with Crippen LogP contribution >= 0.6 is 0 Å². The van der Waals surface area contributed by atoms with Gasteiger partial charge in [-0.3, -0.25) is 28.0 Å². The normalized spacial score (nSPS) is 13.4. The minimum absolute atomic E-state index is 0.0179. The van der Waals surface area contributed by atoms with Crippen LogP contribution < -0.4 is 25.3 Å². The molecule has 0 bridgehead atoms. The Hall–Kier alpha value is -12.3. The first-order valence-corrected chi connectivity index (χ1v) is 32.8. The van der Waals surface area contributed by atoms with Gasteiger partial charge in [0.1, 0.15) is 39.9 Å². The molecule has 13 rings (SSSR count). The predicted molar refractivity (Wildman–Crippen MR) is 373 cm³/mol. The van der Waals surface area contributed by atoms with E-state index in [1.807, 2.05) is 0 Å². The molecule has 14 nitrogen and oxygen atoms in total. The first kappa shape index (κ1) is 74.0. The van der Waals surface area contributed by atoms with Crippen LogP contribution in [0.1, 0.15) is 88.4 Å². The molecule has 29 heteroatoms. The Bertz CT molecular complexity index is 5760. The average molecular weight is 1500 g/mol. The van der Waals surface area contributed by atoms with Gasteiger partial charge in [0.2, 0.25) is 0 Å². The zero-order valence-corrected chi connectivity index (χ0v) is 57.0. The fourth-order valence-electron chi connectivity index (χ4n) is 13.5. The number of alkyl halides is 12. The van der Waals surface area contributed by atoms with Crippen molar-refractivity contribution in [2.45, 2.75) is 72.7 Å². The van der Waals surface area contributed by atoms with E-state index in [0.717, 1.165) is 24.3 Å². The van der Waals surface area contributed by atoms with Gasteiger partial charge in [0, 0.05) is 67.0 Å². The molecule has 0 fully saturated rings. The number of aliphatic imine (C=N–C) groups is 1. The molecule has 0 aliphatic carbocycles. The van der Waals surface area contributed by atoms with Gasteiger partial charge < -0.3 is 32.6 Å². The summed E-state index contributed by atoms with van der Waals surface area (Å²) in [6.45, 7) is 8.62. The van der Waals surface area contributed by atoms with Crippen LogP contribution in [0.3, 0.4) is 0 Å². The van der Waals surface area contributed by atoms with E-state index in [1.54, 1.807) is 67.6 Å². The standard InChI is InChI=1S/C79H52BF14N3O11/c1-7-103-74(101)62-38(3)69(95-40(62)5)68(70-39(4)63(75(102)104-8-2)41(6)97(70)80(93)94)66-59(105-50-17-11-9-12-18-50)34-52(35-60(66)106-51-19-13-10-14-20-51)107-61(98)27-42-23-25-49(26-24-42)96-72(99)56-36-54(43-28-45(76(81,82)83)32-46(29-43)77(84,85)86)64-53-21-15-16-22-58(53)108-71-55(37-57(73(96)100)65(56)67(64)71)44-30-47(78(87,88)89)33-48(31-44)79(90,91)92/h9-26,28-37H,7-8,27H2,1-6H3/b69-68-. The molecule has 1 aliphatic heterocycles. The van der Waals surface area contributed by atoms with E-state index in [0.29, 0.717) is 33.3 Å². The molecular weight excluding hydrogens is 1440 g/mol. The van der Waals surface area contributed by atoms with E-state index in [2.05, 4.69) is 0 Å². The first-order chi connectivity index (χ1) is 51.0. The van der Waals surface area contributed by atoms with Gasteiger partial charge in [-0.15, -0.1) is 0 Å². The number of esters is 3. The lowest BCUT2D eigenvalue weighted by atomic mass is 9.86. The number of fused-ring (bicyclic) bond motifs is 2. The third kappa shape index (κ3) is 13.7. The molecular formula is C79H52BF14N3O11. The van der Waals surface area contributed by atoms with Gasteiger partial charge in [0.25, 0.3) is 11.1 Å².